The summed E-state index contributed by atoms with van der Waals surface area (Å²) in [5.41, 5.74) is 4.33. The largest absolute Gasteiger partial charge is 0.490 e. The summed E-state index contributed by atoms with van der Waals surface area (Å²) >= 11 is 0. The minimum atomic E-state index is 0.173. The third-order valence-corrected chi connectivity index (χ3v) is 9.00. The Bertz CT molecular complexity index is 1340. The maximum Gasteiger partial charge on any atom is 0.163 e. The molecule has 0 unspecified atom stereocenters. The summed E-state index contributed by atoms with van der Waals surface area (Å²) in [5, 5.41) is 0. The number of benzene rings is 3. The van der Waals surface area contributed by atoms with E-state index in [-0.39, 0.29) is 17.4 Å². The molecule has 0 N–H and O–H groups in total. The van der Waals surface area contributed by atoms with Crippen molar-refractivity contribution in [3.05, 3.63) is 101 Å². The summed E-state index contributed by atoms with van der Waals surface area (Å²) in [6, 6.07) is 26.6. The van der Waals surface area contributed by atoms with E-state index in [2.05, 4.69) is 60.0 Å². The van der Waals surface area contributed by atoms with Crippen LogP contribution < -0.4 is 4.74 Å². The fourth-order valence-electron chi connectivity index (χ4n) is 6.41. The lowest BCUT2D eigenvalue weighted by Crippen LogP contribution is -2.46. The van der Waals surface area contributed by atoms with Crippen molar-refractivity contribution in [3.63, 3.8) is 0 Å². The Morgan fingerprint density at radius 3 is 2.34 bits per heavy atom. The molecule has 0 bridgehead atoms. The summed E-state index contributed by atoms with van der Waals surface area (Å²) in [5.74, 6) is 7.61. The van der Waals surface area contributed by atoms with Gasteiger partial charge in [0.1, 0.15) is 11.9 Å². The lowest BCUT2D eigenvalue weighted by Gasteiger charge is -2.43. The molecule has 0 aromatic heterocycles. The van der Waals surface area contributed by atoms with E-state index in [9.17, 15) is 4.79 Å². The van der Waals surface area contributed by atoms with Crippen molar-refractivity contribution in [3.8, 4) is 17.6 Å². The van der Waals surface area contributed by atoms with Gasteiger partial charge < -0.3 is 9.64 Å². The van der Waals surface area contributed by atoms with E-state index in [1.807, 2.05) is 54.6 Å². The fraction of sp³-hybridized carbons (Fsp3) is 0.432. The van der Waals surface area contributed by atoms with Gasteiger partial charge >= 0.3 is 0 Å². The molecule has 1 heterocycles. The molecule has 5 rings (SSSR count). The number of rotatable bonds is 9. The van der Waals surface area contributed by atoms with E-state index in [4.69, 9.17) is 4.74 Å². The molecule has 3 aromatic carbocycles. The van der Waals surface area contributed by atoms with Crippen LogP contribution in [0.2, 0.25) is 0 Å². The molecule has 41 heavy (non-hydrogen) atoms. The number of hydrogen-bond acceptors (Lipinski definition) is 4. The summed E-state index contributed by atoms with van der Waals surface area (Å²) in [6.45, 7) is 2.91. The number of Topliss-reactive ketones (excluding diaryl/α,β-unsaturated/α-hetero) is 1. The first-order valence-corrected chi connectivity index (χ1v) is 15.3. The highest BCUT2D eigenvalue weighted by Crippen LogP contribution is 2.36. The molecule has 1 aliphatic heterocycles. The highest BCUT2D eigenvalue weighted by atomic mass is 16.5. The van der Waals surface area contributed by atoms with Gasteiger partial charge in [0.2, 0.25) is 0 Å². The van der Waals surface area contributed by atoms with E-state index in [0.717, 1.165) is 61.3 Å². The Labute approximate surface area is 246 Å². The monoisotopic (exact) mass is 548 g/mol. The second kappa shape index (κ2) is 14.0. The second-order valence-electron chi connectivity index (χ2n) is 12.0. The standard InChI is InChI=1S/C37H44N2O2/c1-38(2)37(22-7-4-8-23-37)24-19-36(40)33-15-10-16-35(28-33)41-34-20-25-39(26-21-34)29-32-14-9-13-31(27-32)18-17-30-11-5-3-6-12-30/h3,5-6,9-16,27-28,34H,4,7-8,19-26,29H2,1-2H3. The van der Waals surface area contributed by atoms with Crippen LogP contribution in [0.25, 0.3) is 0 Å². The third-order valence-electron chi connectivity index (χ3n) is 9.00. The molecule has 0 atom stereocenters. The first-order valence-electron chi connectivity index (χ1n) is 15.3. The predicted molar refractivity (Wildman–Crippen MR) is 167 cm³/mol. The topological polar surface area (TPSA) is 32.8 Å². The van der Waals surface area contributed by atoms with Crippen LogP contribution in [0.3, 0.4) is 0 Å². The number of piperidine rings is 1. The van der Waals surface area contributed by atoms with Gasteiger partial charge in [-0.05, 0) is 88.2 Å². The molecule has 0 spiro atoms. The van der Waals surface area contributed by atoms with E-state index in [0.29, 0.717) is 6.42 Å². The lowest BCUT2D eigenvalue weighted by molar-refractivity contribution is 0.0770. The lowest BCUT2D eigenvalue weighted by atomic mass is 9.77. The number of ketones is 1. The van der Waals surface area contributed by atoms with Crippen LogP contribution in [0, 0.1) is 11.8 Å². The number of carbonyl (C=O) groups excluding carboxylic acids is 1. The van der Waals surface area contributed by atoms with Gasteiger partial charge in [-0.1, -0.05) is 73.6 Å². The molecule has 4 nitrogen and oxygen atoms in total. The summed E-state index contributed by atoms with van der Waals surface area (Å²) in [7, 11) is 4.35. The number of likely N-dealkylation sites (tertiary alicyclic amines) is 1. The van der Waals surface area contributed by atoms with Gasteiger partial charge in [-0.15, -0.1) is 0 Å². The predicted octanol–water partition coefficient (Wildman–Crippen LogP) is 7.36. The molecule has 0 amide bonds. The first kappa shape index (κ1) is 29.1. The smallest absolute Gasteiger partial charge is 0.163 e. The average molecular weight is 549 g/mol. The van der Waals surface area contributed by atoms with E-state index >= 15 is 0 Å². The molecule has 3 aromatic rings. The summed E-state index contributed by atoms with van der Waals surface area (Å²) in [6.07, 6.45) is 9.93. The van der Waals surface area contributed by atoms with Crippen molar-refractivity contribution in [2.24, 2.45) is 0 Å². The highest BCUT2D eigenvalue weighted by molar-refractivity contribution is 5.96. The van der Waals surface area contributed by atoms with Gasteiger partial charge in [0.25, 0.3) is 0 Å². The van der Waals surface area contributed by atoms with Crippen molar-refractivity contribution >= 4 is 5.78 Å². The van der Waals surface area contributed by atoms with Crippen molar-refractivity contribution in [2.45, 2.75) is 76.0 Å². The zero-order valence-electron chi connectivity index (χ0n) is 24.8. The fourth-order valence-corrected chi connectivity index (χ4v) is 6.41. The minimum absolute atomic E-state index is 0.173. The molecule has 2 aliphatic rings. The van der Waals surface area contributed by atoms with Gasteiger partial charge in [-0.25, -0.2) is 0 Å². The molecule has 1 saturated heterocycles. The van der Waals surface area contributed by atoms with Crippen LogP contribution in [0.15, 0.2) is 78.9 Å². The van der Waals surface area contributed by atoms with Crippen LogP contribution in [0.4, 0.5) is 0 Å². The second-order valence-corrected chi connectivity index (χ2v) is 12.0. The minimum Gasteiger partial charge on any atom is -0.490 e. The first-order chi connectivity index (χ1) is 20.0. The van der Waals surface area contributed by atoms with Crippen LogP contribution in [0.5, 0.6) is 5.75 Å². The number of hydrogen-bond donors (Lipinski definition) is 0. The Balaban J connectivity index is 1.10. The molecule has 214 valence electrons. The third kappa shape index (κ3) is 8.09. The van der Waals surface area contributed by atoms with Crippen LogP contribution >= 0.6 is 0 Å². The van der Waals surface area contributed by atoms with Gasteiger partial charge in [0.05, 0.1) is 0 Å². The van der Waals surface area contributed by atoms with Crippen LogP contribution in [-0.4, -0.2) is 54.4 Å². The zero-order chi connectivity index (χ0) is 28.5. The molecular weight excluding hydrogens is 504 g/mol. The average Bonchev–Trinajstić information content (AvgIpc) is 3.01. The Morgan fingerprint density at radius 2 is 1.59 bits per heavy atom. The van der Waals surface area contributed by atoms with E-state index < -0.39 is 0 Å². The number of nitrogens with zero attached hydrogens (tertiary/aromatic N) is 2. The quantitative estimate of drug-likeness (QED) is 0.207. The molecule has 2 fully saturated rings. The summed E-state index contributed by atoms with van der Waals surface area (Å²) < 4.78 is 6.38. The van der Waals surface area contributed by atoms with Gasteiger partial charge in [0, 0.05) is 48.3 Å². The van der Waals surface area contributed by atoms with Gasteiger partial charge in [-0.3, -0.25) is 9.69 Å². The SMILES string of the molecule is CN(C)C1(CCC(=O)c2cccc(OC3CCN(Cc4cccc(C#Cc5ccccc5)c4)CC3)c2)CCCCC1. The number of ether oxygens (including phenoxy) is 1. The van der Waals surface area contributed by atoms with Crippen molar-refractivity contribution in [1.82, 2.24) is 9.80 Å². The number of carbonyl (C=O) groups is 1. The molecule has 0 radical (unpaired) electrons. The summed E-state index contributed by atoms with van der Waals surface area (Å²) in [4.78, 5) is 18.0. The van der Waals surface area contributed by atoms with Crippen molar-refractivity contribution in [2.75, 3.05) is 27.2 Å². The van der Waals surface area contributed by atoms with E-state index in [1.54, 1.807) is 0 Å². The maximum absolute atomic E-state index is 13.2. The van der Waals surface area contributed by atoms with Crippen molar-refractivity contribution in [1.29, 1.82) is 0 Å². The van der Waals surface area contributed by atoms with Crippen molar-refractivity contribution < 1.29 is 9.53 Å². The van der Waals surface area contributed by atoms with Gasteiger partial charge in [-0.2, -0.15) is 0 Å². The Kier molecular flexibility index (Phi) is 9.93. The molecular formula is C37H44N2O2. The Morgan fingerprint density at radius 1 is 0.878 bits per heavy atom. The molecule has 1 aliphatic carbocycles. The normalized spacial score (nSPS) is 17.5. The van der Waals surface area contributed by atoms with Crippen LogP contribution in [0.1, 0.15) is 84.8 Å². The zero-order valence-corrected chi connectivity index (χ0v) is 24.8. The van der Waals surface area contributed by atoms with Gasteiger partial charge in [0.15, 0.2) is 5.78 Å². The van der Waals surface area contributed by atoms with Crippen LogP contribution in [-0.2, 0) is 6.54 Å². The maximum atomic E-state index is 13.2. The Hall–Kier alpha value is -3.39. The molecule has 1 saturated carbocycles. The highest BCUT2D eigenvalue weighted by Gasteiger charge is 2.34. The molecule has 4 heteroatoms. The van der Waals surface area contributed by atoms with E-state index in [1.165, 1.54) is 37.7 Å².